The number of aliphatic hydroxyl groups excluding tert-OH is 1. The van der Waals surface area contributed by atoms with Gasteiger partial charge in [0.05, 0.1) is 7.11 Å². The first-order chi connectivity index (χ1) is 16.5. The number of fused-ring (bicyclic) bond motifs is 4. The van der Waals surface area contributed by atoms with Crippen LogP contribution in [0.2, 0.25) is 0 Å². The molecule has 0 aromatic heterocycles. The van der Waals surface area contributed by atoms with E-state index in [2.05, 4.69) is 21.3 Å². The van der Waals surface area contributed by atoms with Crippen molar-refractivity contribution >= 4 is 12.2 Å². The van der Waals surface area contributed by atoms with Gasteiger partial charge < -0.3 is 25.2 Å². The maximum atomic E-state index is 15.2. The second kappa shape index (κ2) is 11.9. The number of rotatable bonds is 2. The Kier molecular flexibility index (Phi) is 9.40. The molecule has 0 aromatic rings. The number of methoxy groups -OCH3 is 1. The van der Waals surface area contributed by atoms with Crippen LogP contribution in [0.3, 0.4) is 0 Å². The van der Waals surface area contributed by atoms with Crippen molar-refractivity contribution in [2.75, 3.05) is 13.7 Å². The maximum Gasteiger partial charge on any atom is 0.407 e. The molecule has 35 heavy (non-hydrogen) atoms. The van der Waals surface area contributed by atoms with Gasteiger partial charge in [-0.15, -0.1) is 0 Å². The Morgan fingerprint density at radius 3 is 2.54 bits per heavy atom. The third kappa shape index (κ3) is 7.79. The van der Waals surface area contributed by atoms with Crippen LogP contribution in [0.4, 0.5) is 14.0 Å². The van der Waals surface area contributed by atoms with Gasteiger partial charge in [0.15, 0.2) is 6.30 Å². The van der Waals surface area contributed by atoms with E-state index >= 15 is 4.39 Å². The lowest BCUT2D eigenvalue weighted by Crippen LogP contribution is -2.58. The van der Waals surface area contributed by atoms with E-state index in [0.29, 0.717) is 25.8 Å². The topological polar surface area (TPSA) is 121 Å². The first-order valence-corrected chi connectivity index (χ1v) is 12.8. The van der Waals surface area contributed by atoms with Gasteiger partial charge in [-0.3, -0.25) is 10.6 Å². The largest absolute Gasteiger partial charge is 0.453 e. The summed E-state index contributed by atoms with van der Waals surface area (Å²) in [5, 5.41) is 23.1. The van der Waals surface area contributed by atoms with Crippen LogP contribution >= 0.6 is 0 Å². The molecule has 2 amide bonds. The number of nitrogens with one attached hydrogen (secondary N) is 4. The zero-order valence-corrected chi connectivity index (χ0v) is 21.6. The van der Waals surface area contributed by atoms with Crippen LogP contribution in [0.5, 0.6) is 0 Å². The molecule has 200 valence electrons. The minimum Gasteiger partial charge on any atom is -0.453 e. The number of hydrogen-bond acceptors (Lipinski definition) is 7. The molecule has 2 fully saturated rings. The van der Waals surface area contributed by atoms with Crippen molar-refractivity contribution in [1.29, 1.82) is 0 Å². The van der Waals surface area contributed by atoms with Crippen LogP contribution in [0, 0.1) is 23.7 Å². The molecule has 3 rings (SSSR count). The summed E-state index contributed by atoms with van der Waals surface area (Å²) in [6.07, 6.45) is 4.05. The van der Waals surface area contributed by atoms with E-state index in [4.69, 9.17) is 9.47 Å². The third-order valence-corrected chi connectivity index (χ3v) is 7.47. The average molecular weight is 499 g/mol. The van der Waals surface area contributed by atoms with Crippen LogP contribution in [0.15, 0.2) is 12.2 Å². The molecule has 1 saturated heterocycles. The van der Waals surface area contributed by atoms with Crippen molar-refractivity contribution in [2.45, 2.75) is 96.0 Å². The molecule has 2 heterocycles. The molecule has 0 spiro atoms. The highest BCUT2D eigenvalue weighted by Crippen LogP contribution is 2.39. The van der Waals surface area contributed by atoms with E-state index < -0.39 is 42.3 Å². The highest BCUT2D eigenvalue weighted by atomic mass is 19.1. The number of ether oxygens (including phenoxy) is 2. The molecule has 2 bridgehead atoms. The number of amides is 2. The summed E-state index contributed by atoms with van der Waals surface area (Å²) in [6.45, 7) is 7.83. The van der Waals surface area contributed by atoms with Crippen LogP contribution < -0.4 is 21.3 Å². The predicted molar refractivity (Wildman–Crippen MR) is 130 cm³/mol. The summed E-state index contributed by atoms with van der Waals surface area (Å²) in [5.74, 6) is -0.277. The molecule has 1 aliphatic carbocycles. The van der Waals surface area contributed by atoms with E-state index in [9.17, 15) is 14.7 Å². The second-order valence-corrected chi connectivity index (χ2v) is 11.3. The van der Waals surface area contributed by atoms with Crippen molar-refractivity contribution in [2.24, 2.45) is 23.7 Å². The standard InChI is InChI=1S/C25H43FN4O5/c1-14-7-6-8-19(30-24(33)35-25(2,3)4)18-11-15(13-27-21(18)26)17-10-9-16(28-23(32)34-5)12-20(17)29-22(14)31/h6-7,14-22,27,29,31H,8-13H2,1-5H3,(H,28,32)(H,30,33)/b7-6+. The quantitative estimate of drug-likeness (QED) is 0.293. The monoisotopic (exact) mass is 498 g/mol. The van der Waals surface area contributed by atoms with Crippen molar-refractivity contribution in [3.63, 3.8) is 0 Å². The summed E-state index contributed by atoms with van der Waals surface area (Å²) < 4.78 is 25.4. The van der Waals surface area contributed by atoms with Crippen molar-refractivity contribution in [3.05, 3.63) is 12.2 Å². The first kappa shape index (κ1) is 27.7. The van der Waals surface area contributed by atoms with E-state index in [0.717, 1.165) is 12.8 Å². The normalized spacial score (nSPS) is 39.1. The Morgan fingerprint density at radius 1 is 1.11 bits per heavy atom. The van der Waals surface area contributed by atoms with Gasteiger partial charge in [0, 0.05) is 36.5 Å². The predicted octanol–water partition coefficient (Wildman–Crippen LogP) is 2.80. The zero-order valence-electron chi connectivity index (χ0n) is 21.6. The van der Waals surface area contributed by atoms with Crippen LogP contribution in [-0.2, 0) is 9.47 Å². The Hall–Kier alpha value is -1.91. The fourth-order valence-corrected chi connectivity index (χ4v) is 5.68. The number of aliphatic hydroxyl groups is 1. The van der Waals surface area contributed by atoms with Gasteiger partial charge in [0.25, 0.3) is 0 Å². The van der Waals surface area contributed by atoms with Crippen LogP contribution in [0.1, 0.15) is 59.8 Å². The molecule has 0 aromatic carbocycles. The molecule has 3 aliphatic rings. The van der Waals surface area contributed by atoms with Crippen molar-refractivity contribution in [1.82, 2.24) is 21.3 Å². The lowest BCUT2D eigenvalue weighted by atomic mass is 9.69. The number of carbonyl (C=O) groups is 2. The van der Waals surface area contributed by atoms with E-state index in [1.807, 2.05) is 19.1 Å². The van der Waals surface area contributed by atoms with Gasteiger partial charge in [0.2, 0.25) is 0 Å². The van der Waals surface area contributed by atoms with Gasteiger partial charge in [-0.2, -0.15) is 0 Å². The summed E-state index contributed by atoms with van der Waals surface area (Å²) in [6, 6.07) is -0.569. The van der Waals surface area contributed by atoms with Gasteiger partial charge >= 0.3 is 12.2 Å². The Labute approximate surface area is 208 Å². The van der Waals surface area contributed by atoms with Crippen LogP contribution in [0.25, 0.3) is 0 Å². The van der Waals surface area contributed by atoms with Gasteiger partial charge in [-0.1, -0.05) is 19.1 Å². The molecule has 9 nitrogen and oxygen atoms in total. The fourth-order valence-electron chi connectivity index (χ4n) is 5.68. The molecule has 5 N–H and O–H groups in total. The van der Waals surface area contributed by atoms with Crippen molar-refractivity contribution in [3.8, 4) is 0 Å². The first-order valence-electron chi connectivity index (χ1n) is 12.8. The Bertz CT molecular complexity index is 761. The fraction of sp³-hybridized carbons (Fsp3) is 0.840. The summed E-state index contributed by atoms with van der Waals surface area (Å²) >= 11 is 0. The van der Waals surface area contributed by atoms with E-state index in [1.165, 1.54) is 7.11 Å². The van der Waals surface area contributed by atoms with Gasteiger partial charge in [-0.05, 0) is 64.7 Å². The van der Waals surface area contributed by atoms with E-state index in [1.54, 1.807) is 20.8 Å². The lowest BCUT2D eigenvalue weighted by Gasteiger charge is -2.46. The minimum atomic E-state index is -1.24. The SMILES string of the molecule is COC(=O)NC1CCC2C3CNC(F)C(C3)C(NC(=O)OC(C)(C)C)C/C=C/C(C)C(O)NC2C1. The van der Waals surface area contributed by atoms with Crippen molar-refractivity contribution < 1.29 is 28.6 Å². The number of halogens is 1. The summed E-state index contributed by atoms with van der Waals surface area (Å²) in [4.78, 5) is 24.3. The molecule has 2 aliphatic heterocycles. The smallest absolute Gasteiger partial charge is 0.407 e. The molecule has 9 atom stereocenters. The van der Waals surface area contributed by atoms with Crippen LogP contribution in [-0.4, -0.2) is 67.2 Å². The number of hydrogen-bond donors (Lipinski definition) is 5. The summed E-state index contributed by atoms with van der Waals surface area (Å²) in [5.41, 5.74) is -0.651. The number of carbonyl (C=O) groups excluding carboxylic acids is 2. The zero-order chi connectivity index (χ0) is 25.8. The van der Waals surface area contributed by atoms with E-state index in [-0.39, 0.29) is 29.8 Å². The highest BCUT2D eigenvalue weighted by Gasteiger charge is 2.43. The number of alkyl halides is 1. The Morgan fingerprint density at radius 2 is 1.86 bits per heavy atom. The molecular formula is C25H43FN4O5. The molecule has 10 heteroatoms. The van der Waals surface area contributed by atoms with Gasteiger partial charge in [0.1, 0.15) is 11.8 Å². The lowest BCUT2D eigenvalue weighted by molar-refractivity contribution is 0.0112. The summed E-state index contributed by atoms with van der Waals surface area (Å²) in [7, 11) is 1.34. The molecule has 1 saturated carbocycles. The minimum absolute atomic E-state index is 0.0583. The molecular weight excluding hydrogens is 455 g/mol. The number of alkyl carbamates (subject to hydrolysis) is 2. The Balaban J connectivity index is 1.83. The molecule has 0 radical (unpaired) electrons. The second-order valence-electron chi connectivity index (χ2n) is 11.3. The number of piperidine rings is 1. The average Bonchev–Trinajstić information content (AvgIpc) is 2.77. The van der Waals surface area contributed by atoms with Gasteiger partial charge in [-0.25, -0.2) is 14.0 Å². The molecule has 9 unspecified atom stereocenters. The highest BCUT2D eigenvalue weighted by molar-refractivity contribution is 5.68. The maximum absolute atomic E-state index is 15.2. The third-order valence-electron chi connectivity index (χ3n) is 7.47.